The standard InChI is InChI=1S/C16H22N2O3/c19-14(13-7-6-12-21-13)17-16(8-2-3-9-16)15(20)18-10-4-1-5-11-18/h6-7,12H,1-5,8-11H2,(H,17,19). The van der Waals surface area contributed by atoms with Crippen molar-refractivity contribution in [2.24, 2.45) is 0 Å². The zero-order chi connectivity index (χ0) is 14.7. The van der Waals surface area contributed by atoms with E-state index in [1.54, 1.807) is 12.1 Å². The number of furan rings is 1. The van der Waals surface area contributed by atoms with E-state index in [0.29, 0.717) is 0 Å². The molecule has 0 spiro atoms. The van der Waals surface area contributed by atoms with Gasteiger partial charge in [-0.3, -0.25) is 9.59 Å². The van der Waals surface area contributed by atoms with Gasteiger partial charge in [-0.15, -0.1) is 0 Å². The van der Waals surface area contributed by atoms with Crippen LogP contribution in [0.3, 0.4) is 0 Å². The molecule has 1 aliphatic carbocycles. The lowest BCUT2D eigenvalue weighted by atomic mass is 9.94. The summed E-state index contributed by atoms with van der Waals surface area (Å²) in [5.74, 6) is 0.0829. The third-order valence-electron chi connectivity index (χ3n) is 4.61. The predicted molar refractivity (Wildman–Crippen MR) is 77.8 cm³/mol. The van der Waals surface area contributed by atoms with Crippen LogP contribution in [0.4, 0.5) is 0 Å². The Kier molecular flexibility index (Phi) is 3.99. The Morgan fingerprint density at radius 3 is 2.43 bits per heavy atom. The molecule has 0 bridgehead atoms. The average molecular weight is 290 g/mol. The van der Waals surface area contributed by atoms with E-state index in [2.05, 4.69) is 5.32 Å². The second-order valence-electron chi connectivity index (χ2n) is 6.07. The Morgan fingerprint density at radius 2 is 1.81 bits per heavy atom. The predicted octanol–water partition coefficient (Wildman–Crippen LogP) is 2.33. The Bertz CT molecular complexity index is 498. The summed E-state index contributed by atoms with van der Waals surface area (Å²) >= 11 is 0. The summed E-state index contributed by atoms with van der Waals surface area (Å²) in [6.45, 7) is 1.63. The molecule has 0 unspecified atom stereocenters. The summed E-state index contributed by atoms with van der Waals surface area (Å²) < 4.78 is 5.14. The topological polar surface area (TPSA) is 62.6 Å². The van der Waals surface area contributed by atoms with Crippen molar-refractivity contribution in [2.45, 2.75) is 50.5 Å². The number of rotatable bonds is 3. The first-order valence-corrected chi connectivity index (χ1v) is 7.87. The lowest BCUT2D eigenvalue weighted by Crippen LogP contribution is -2.58. The highest BCUT2D eigenvalue weighted by Crippen LogP contribution is 2.32. The van der Waals surface area contributed by atoms with Gasteiger partial charge in [0, 0.05) is 13.1 Å². The lowest BCUT2D eigenvalue weighted by Gasteiger charge is -2.36. The monoisotopic (exact) mass is 290 g/mol. The van der Waals surface area contributed by atoms with E-state index in [0.717, 1.165) is 51.6 Å². The Morgan fingerprint density at radius 1 is 1.10 bits per heavy atom. The second-order valence-corrected chi connectivity index (χ2v) is 6.07. The normalized spacial score (nSPS) is 21.2. The Hall–Kier alpha value is -1.78. The van der Waals surface area contributed by atoms with Gasteiger partial charge in [0.2, 0.25) is 5.91 Å². The molecule has 1 saturated heterocycles. The van der Waals surface area contributed by atoms with E-state index >= 15 is 0 Å². The molecule has 5 nitrogen and oxygen atoms in total. The molecule has 1 aromatic heterocycles. The smallest absolute Gasteiger partial charge is 0.287 e. The maximum Gasteiger partial charge on any atom is 0.287 e. The van der Waals surface area contributed by atoms with Crippen LogP contribution in [-0.4, -0.2) is 35.3 Å². The number of nitrogens with one attached hydrogen (secondary N) is 1. The van der Waals surface area contributed by atoms with Gasteiger partial charge in [0.05, 0.1) is 6.26 Å². The van der Waals surface area contributed by atoms with Crippen molar-refractivity contribution in [1.29, 1.82) is 0 Å². The van der Waals surface area contributed by atoms with E-state index < -0.39 is 5.54 Å². The van der Waals surface area contributed by atoms with Crippen molar-refractivity contribution in [2.75, 3.05) is 13.1 Å². The van der Waals surface area contributed by atoms with Gasteiger partial charge in [-0.2, -0.15) is 0 Å². The molecule has 114 valence electrons. The van der Waals surface area contributed by atoms with Crippen molar-refractivity contribution in [1.82, 2.24) is 10.2 Å². The Labute approximate surface area is 124 Å². The fourth-order valence-corrected chi connectivity index (χ4v) is 3.46. The first-order valence-electron chi connectivity index (χ1n) is 7.87. The van der Waals surface area contributed by atoms with Crippen LogP contribution >= 0.6 is 0 Å². The Balaban J connectivity index is 1.75. The maximum absolute atomic E-state index is 12.9. The first-order chi connectivity index (χ1) is 10.2. The molecule has 0 radical (unpaired) electrons. The zero-order valence-electron chi connectivity index (χ0n) is 12.3. The molecule has 1 aliphatic heterocycles. The number of amides is 2. The lowest BCUT2D eigenvalue weighted by molar-refractivity contribution is -0.138. The SMILES string of the molecule is O=C(NC1(C(=O)N2CCCCC2)CCCC1)c1ccco1. The van der Waals surface area contributed by atoms with Crippen LogP contribution in [0.25, 0.3) is 0 Å². The highest BCUT2D eigenvalue weighted by atomic mass is 16.3. The van der Waals surface area contributed by atoms with Gasteiger partial charge in [-0.05, 0) is 44.2 Å². The number of hydrogen-bond acceptors (Lipinski definition) is 3. The molecule has 2 heterocycles. The van der Waals surface area contributed by atoms with Gasteiger partial charge in [0.15, 0.2) is 5.76 Å². The van der Waals surface area contributed by atoms with Gasteiger partial charge in [-0.1, -0.05) is 12.8 Å². The van der Waals surface area contributed by atoms with Crippen molar-refractivity contribution in [3.05, 3.63) is 24.2 Å². The number of hydrogen-bond donors (Lipinski definition) is 1. The minimum Gasteiger partial charge on any atom is -0.459 e. The fourth-order valence-electron chi connectivity index (χ4n) is 3.46. The van der Waals surface area contributed by atoms with E-state index in [1.165, 1.54) is 12.7 Å². The minimum absolute atomic E-state index is 0.0969. The van der Waals surface area contributed by atoms with Gasteiger partial charge in [0.25, 0.3) is 5.91 Å². The molecule has 21 heavy (non-hydrogen) atoms. The minimum atomic E-state index is -0.721. The van der Waals surface area contributed by atoms with Crippen LogP contribution in [0.15, 0.2) is 22.8 Å². The van der Waals surface area contributed by atoms with Crippen molar-refractivity contribution in [3.63, 3.8) is 0 Å². The molecule has 2 fully saturated rings. The molecule has 0 aromatic carbocycles. The molecule has 2 aliphatic rings. The van der Waals surface area contributed by atoms with E-state index in [-0.39, 0.29) is 17.6 Å². The summed E-state index contributed by atoms with van der Waals surface area (Å²) in [6, 6.07) is 3.31. The summed E-state index contributed by atoms with van der Waals surface area (Å²) in [4.78, 5) is 27.1. The molecule has 1 N–H and O–H groups in total. The van der Waals surface area contributed by atoms with E-state index in [1.807, 2.05) is 4.90 Å². The zero-order valence-corrected chi connectivity index (χ0v) is 12.3. The second kappa shape index (κ2) is 5.92. The highest BCUT2D eigenvalue weighted by molar-refractivity contribution is 5.97. The number of carbonyl (C=O) groups is 2. The molecular weight excluding hydrogens is 268 g/mol. The quantitative estimate of drug-likeness (QED) is 0.929. The van der Waals surface area contributed by atoms with Crippen molar-refractivity contribution in [3.8, 4) is 0 Å². The number of carbonyl (C=O) groups excluding carboxylic acids is 2. The maximum atomic E-state index is 12.9. The number of piperidine rings is 1. The van der Waals surface area contributed by atoms with Crippen molar-refractivity contribution < 1.29 is 14.0 Å². The van der Waals surface area contributed by atoms with Crippen LogP contribution in [0.5, 0.6) is 0 Å². The largest absolute Gasteiger partial charge is 0.459 e. The van der Waals surface area contributed by atoms with E-state index in [4.69, 9.17) is 4.42 Å². The third-order valence-corrected chi connectivity index (χ3v) is 4.61. The van der Waals surface area contributed by atoms with Gasteiger partial charge < -0.3 is 14.6 Å². The first kappa shape index (κ1) is 14.2. The fraction of sp³-hybridized carbons (Fsp3) is 0.625. The van der Waals surface area contributed by atoms with Crippen LogP contribution in [0.1, 0.15) is 55.5 Å². The van der Waals surface area contributed by atoms with Gasteiger partial charge in [0.1, 0.15) is 5.54 Å². The van der Waals surface area contributed by atoms with Gasteiger partial charge >= 0.3 is 0 Å². The van der Waals surface area contributed by atoms with E-state index in [9.17, 15) is 9.59 Å². The molecular formula is C16H22N2O3. The third kappa shape index (κ3) is 2.82. The van der Waals surface area contributed by atoms with Crippen molar-refractivity contribution >= 4 is 11.8 Å². The van der Waals surface area contributed by atoms with Crippen LogP contribution < -0.4 is 5.32 Å². The molecule has 1 aromatic rings. The molecule has 5 heteroatoms. The highest BCUT2D eigenvalue weighted by Gasteiger charge is 2.45. The summed E-state index contributed by atoms with van der Waals surface area (Å²) in [5.41, 5.74) is -0.721. The average Bonchev–Trinajstić information content (AvgIpc) is 3.19. The number of likely N-dealkylation sites (tertiary alicyclic amines) is 1. The molecule has 3 rings (SSSR count). The molecule has 2 amide bonds. The summed E-state index contributed by atoms with van der Waals surface area (Å²) in [6.07, 6.45) is 8.22. The summed E-state index contributed by atoms with van der Waals surface area (Å²) in [5, 5.41) is 2.97. The molecule has 1 saturated carbocycles. The number of nitrogens with zero attached hydrogens (tertiary/aromatic N) is 1. The summed E-state index contributed by atoms with van der Waals surface area (Å²) in [7, 11) is 0. The van der Waals surface area contributed by atoms with Crippen LogP contribution in [0, 0.1) is 0 Å². The van der Waals surface area contributed by atoms with Gasteiger partial charge in [-0.25, -0.2) is 0 Å². The molecule has 0 atom stereocenters. The van der Waals surface area contributed by atoms with Crippen LogP contribution in [-0.2, 0) is 4.79 Å². The van der Waals surface area contributed by atoms with Crippen LogP contribution in [0.2, 0.25) is 0 Å².